The minimum Gasteiger partial charge on any atom is -0.358 e. The second-order valence-electron chi connectivity index (χ2n) is 6.23. The fourth-order valence-corrected chi connectivity index (χ4v) is 4.06. The van der Waals surface area contributed by atoms with Crippen molar-refractivity contribution in [2.75, 3.05) is 0 Å². The highest BCUT2D eigenvalue weighted by Gasteiger charge is 2.22. The van der Waals surface area contributed by atoms with Gasteiger partial charge in [0.05, 0.1) is 0 Å². The molecular formula is C18H24IN. The van der Waals surface area contributed by atoms with Crippen LogP contribution in [-0.2, 0) is 12.8 Å². The Kier molecular flexibility index (Phi) is 4.69. The number of benzene rings is 1. The largest absolute Gasteiger partial charge is 0.358 e. The fraction of sp³-hybridized carbons (Fsp3) is 0.556. The van der Waals surface area contributed by atoms with Gasteiger partial charge in [-0.15, -0.1) is 0 Å². The molecule has 1 nitrogen and oxygen atoms in total. The number of aryl methyl sites for hydroxylation is 1. The van der Waals surface area contributed by atoms with Crippen molar-refractivity contribution in [2.45, 2.75) is 58.3 Å². The first-order valence-corrected chi connectivity index (χ1v) is 9.14. The topological polar surface area (TPSA) is 15.8 Å². The number of aromatic amines is 1. The van der Waals surface area contributed by atoms with Crippen LogP contribution in [0, 0.1) is 9.49 Å². The van der Waals surface area contributed by atoms with Gasteiger partial charge in [0.25, 0.3) is 0 Å². The molecule has 1 N–H and O–H groups in total. The van der Waals surface area contributed by atoms with Crippen LogP contribution in [0.5, 0.6) is 0 Å². The molecular weight excluding hydrogens is 357 g/mol. The maximum Gasteiger partial charge on any atom is 0.0459 e. The Morgan fingerprint density at radius 2 is 2.15 bits per heavy atom. The molecule has 1 aromatic carbocycles. The van der Waals surface area contributed by atoms with Gasteiger partial charge in [-0.1, -0.05) is 39.0 Å². The van der Waals surface area contributed by atoms with E-state index in [1.165, 1.54) is 71.5 Å². The summed E-state index contributed by atoms with van der Waals surface area (Å²) in [5.74, 6) is 0.913. The Morgan fingerprint density at radius 3 is 3.00 bits per heavy atom. The van der Waals surface area contributed by atoms with Crippen LogP contribution in [0.4, 0.5) is 0 Å². The number of halogens is 1. The Bertz CT molecular complexity index is 584. The monoisotopic (exact) mass is 381 g/mol. The summed E-state index contributed by atoms with van der Waals surface area (Å²) < 4.78 is 1.35. The lowest BCUT2D eigenvalue weighted by atomic mass is 9.83. The van der Waals surface area contributed by atoms with E-state index in [1.54, 1.807) is 5.56 Å². The van der Waals surface area contributed by atoms with Crippen molar-refractivity contribution in [1.82, 2.24) is 4.98 Å². The molecule has 2 aromatic rings. The van der Waals surface area contributed by atoms with E-state index in [4.69, 9.17) is 0 Å². The van der Waals surface area contributed by atoms with Crippen LogP contribution in [0.25, 0.3) is 10.9 Å². The van der Waals surface area contributed by atoms with E-state index >= 15 is 0 Å². The van der Waals surface area contributed by atoms with Gasteiger partial charge >= 0.3 is 0 Å². The predicted molar refractivity (Wildman–Crippen MR) is 95.3 cm³/mol. The summed E-state index contributed by atoms with van der Waals surface area (Å²) in [5.41, 5.74) is 4.46. The zero-order chi connectivity index (χ0) is 13.9. The van der Waals surface area contributed by atoms with Gasteiger partial charge in [0.15, 0.2) is 0 Å². The molecule has 0 aliphatic heterocycles. The molecule has 1 atom stereocenters. The molecule has 108 valence electrons. The summed E-state index contributed by atoms with van der Waals surface area (Å²) in [6.45, 7) is 2.29. The quantitative estimate of drug-likeness (QED) is 0.494. The van der Waals surface area contributed by atoms with E-state index in [9.17, 15) is 0 Å². The molecule has 0 fully saturated rings. The fourth-order valence-electron chi connectivity index (χ4n) is 3.57. The first-order valence-electron chi connectivity index (χ1n) is 8.07. The van der Waals surface area contributed by atoms with Gasteiger partial charge in [0.2, 0.25) is 0 Å². The molecule has 1 aliphatic rings. The molecule has 2 heteroatoms. The summed E-state index contributed by atoms with van der Waals surface area (Å²) in [6, 6.07) is 6.80. The van der Waals surface area contributed by atoms with Crippen LogP contribution in [-0.4, -0.2) is 4.98 Å². The molecule has 0 amide bonds. The highest BCUT2D eigenvalue weighted by Crippen LogP contribution is 2.34. The summed E-state index contributed by atoms with van der Waals surface area (Å²) in [7, 11) is 0. The van der Waals surface area contributed by atoms with Crippen LogP contribution in [0.15, 0.2) is 18.2 Å². The van der Waals surface area contributed by atoms with Gasteiger partial charge in [-0.05, 0) is 71.5 Å². The lowest BCUT2D eigenvalue weighted by molar-refractivity contribution is 0.405. The highest BCUT2D eigenvalue weighted by molar-refractivity contribution is 14.1. The molecule has 1 aromatic heterocycles. The molecule has 1 unspecified atom stereocenters. The van der Waals surface area contributed by atoms with E-state index in [1.807, 2.05) is 0 Å². The van der Waals surface area contributed by atoms with Gasteiger partial charge in [0.1, 0.15) is 0 Å². The van der Waals surface area contributed by atoms with Gasteiger partial charge < -0.3 is 4.98 Å². The molecule has 0 radical (unpaired) electrons. The molecule has 20 heavy (non-hydrogen) atoms. The standard InChI is InChI=1S/C18H24IN/c1-2-3-4-5-6-13-7-9-17-15(11-13)16-12-14(19)8-10-18(16)20-17/h8,10,12-13,20H,2-7,9,11H2,1H3. The average molecular weight is 381 g/mol. The van der Waals surface area contributed by atoms with Crippen molar-refractivity contribution in [3.8, 4) is 0 Å². The second-order valence-corrected chi connectivity index (χ2v) is 7.48. The maximum absolute atomic E-state index is 3.64. The van der Waals surface area contributed by atoms with Crippen LogP contribution >= 0.6 is 22.6 Å². The maximum atomic E-state index is 3.64. The zero-order valence-corrected chi connectivity index (χ0v) is 14.5. The molecule has 1 aliphatic carbocycles. The second kappa shape index (κ2) is 6.50. The third-order valence-electron chi connectivity index (χ3n) is 4.72. The molecule has 0 saturated carbocycles. The normalized spacial score (nSPS) is 18.4. The molecule has 3 rings (SSSR count). The van der Waals surface area contributed by atoms with Crippen molar-refractivity contribution in [1.29, 1.82) is 0 Å². The number of nitrogens with one attached hydrogen (secondary N) is 1. The van der Waals surface area contributed by atoms with Crippen LogP contribution in [0.1, 0.15) is 56.7 Å². The van der Waals surface area contributed by atoms with E-state index in [2.05, 4.69) is 52.7 Å². The Balaban J connectivity index is 1.73. The highest BCUT2D eigenvalue weighted by atomic mass is 127. The van der Waals surface area contributed by atoms with E-state index in [0.29, 0.717) is 0 Å². The van der Waals surface area contributed by atoms with Gasteiger partial charge in [-0.25, -0.2) is 0 Å². The summed E-state index contributed by atoms with van der Waals surface area (Å²) in [5, 5.41) is 1.48. The van der Waals surface area contributed by atoms with Crippen LogP contribution < -0.4 is 0 Å². The first kappa shape index (κ1) is 14.4. The number of H-pyrrole nitrogens is 1. The lowest BCUT2D eigenvalue weighted by Crippen LogP contribution is -2.13. The van der Waals surface area contributed by atoms with Gasteiger partial charge in [0, 0.05) is 20.2 Å². The van der Waals surface area contributed by atoms with Crippen molar-refractivity contribution < 1.29 is 0 Å². The third-order valence-corrected chi connectivity index (χ3v) is 5.39. The van der Waals surface area contributed by atoms with Gasteiger partial charge in [-0.2, -0.15) is 0 Å². The van der Waals surface area contributed by atoms with Crippen molar-refractivity contribution in [2.24, 2.45) is 5.92 Å². The van der Waals surface area contributed by atoms with Crippen molar-refractivity contribution in [3.63, 3.8) is 0 Å². The third kappa shape index (κ3) is 3.05. The molecule has 0 saturated heterocycles. The number of aromatic nitrogens is 1. The Hall–Kier alpha value is -0.510. The molecule has 0 spiro atoms. The SMILES string of the molecule is CCCCCCC1CCc2[nH]c3ccc(I)cc3c2C1. The van der Waals surface area contributed by atoms with E-state index in [-0.39, 0.29) is 0 Å². The predicted octanol–water partition coefficient (Wildman–Crippen LogP) is 5.85. The Morgan fingerprint density at radius 1 is 1.25 bits per heavy atom. The summed E-state index contributed by atoms with van der Waals surface area (Å²) in [4.78, 5) is 3.64. The number of fused-ring (bicyclic) bond motifs is 3. The Labute approximate surface area is 135 Å². The van der Waals surface area contributed by atoms with Gasteiger partial charge in [-0.3, -0.25) is 0 Å². The van der Waals surface area contributed by atoms with E-state index < -0.39 is 0 Å². The minimum atomic E-state index is 0.913. The number of hydrogen-bond donors (Lipinski definition) is 1. The lowest BCUT2D eigenvalue weighted by Gasteiger charge is -2.22. The zero-order valence-electron chi connectivity index (χ0n) is 12.3. The van der Waals surface area contributed by atoms with Crippen molar-refractivity contribution >= 4 is 33.5 Å². The smallest absolute Gasteiger partial charge is 0.0459 e. The first-order chi connectivity index (χ1) is 9.78. The molecule has 0 bridgehead atoms. The van der Waals surface area contributed by atoms with Crippen LogP contribution in [0.2, 0.25) is 0 Å². The summed E-state index contributed by atoms with van der Waals surface area (Å²) >= 11 is 2.42. The number of hydrogen-bond acceptors (Lipinski definition) is 0. The summed E-state index contributed by atoms with van der Waals surface area (Å²) in [6.07, 6.45) is 10.9. The minimum absolute atomic E-state index is 0.913. The number of rotatable bonds is 5. The van der Waals surface area contributed by atoms with Crippen molar-refractivity contribution in [3.05, 3.63) is 33.0 Å². The number of unbranched alkanes of at least 4 members (excludes halogenated alkanes) is 3. The van der Waals surface area contributed by atoms with E-state index in [0.717, 1.165) is 5.92 Å². The average Bonchev–Trinajstić information content (AvgIpc) is 2.81. The van der Waals surface area contributed by atoms with Crippen LogP contribution in [0.3, 0.4) is 0 Å². The molecule has 1 heterocycles.